The molecule has 0 fully saturated rings. The van der Waals surface area contributed by atoms with Crippen molar-refractivity contribution in [1.82, 2.24) is 15.2 Å². The van der Waals surface area contributed by atoms with Gasteiger partial charge in [-0.3, -0.25) is 14.9 Å². The Labute approximate surface area is 117 Å². The summed E-state index contributed by atoms with van der Waals surface area (Å²) in [6.45, 7) is 1.64. The number of primary amides is 1. The number of hydrogen-bond acceptors (Lipinski definition) is 3. The zero-order valence-electron chi connectivity index (χ0n) is 10.9. The molecule has 0 radical (unpaired) electrons. The number of H-pyrrole nitrogens is 1. The summed E-state index contributed by atoms with van der Waals surface area (Å²) in [5.74, 6) is -2.49. The lowest BCUT2D eigenvalue weighted by molar-refractivity contribution is 0.0999. The molecule has 3 aromatic rings. The number of nitrogens with zero attached hydrogens (tertiary/aromatic N) is 2. The number of hydrogen-bond donors (Lipinski definition) is 2. The fourth-order valence-corrected chi connectivity index (χ4v) is 2.16. The maximum Gasteiger partial charge on any atom is 0.250 e. The van der Waals surface area contributed by atoms with E-state index >= 15 is 0 Å². The molecule has 21 heavy (non-hydrogen) atoms. The van der Waals surface area contributed by atoms with Crippen LogP contribution in [0, 0.1) is 18.6 Å². The molecule has 0 saturated carbocycles. The molecule has 5 nitrogen and oxygen atoms in total. The van der Waals surface area contributed by atoms with Gasteiger partial charge in [-0.2, -0.15) is 5.10 Å². The van der Waals surface area contributed by atoms with E-state index in [1.807, 2.05) is 0 Å². The average molecular weight is 288 g/mol. The lowest BCUT2D eigenvalue weighted by Gasteiger charge is -2.03. The lowest BCUT2D eigenvalue weighted by atomic mass is 10.1. The van der Waals surface area contributed by atoms with E-state index in [0.717, 1.165) is 12.1 Å². The second-order valence-electron chi connectivity index (χ2n) is 4.58. The number of aromatic amines is 1. The van der Waals surface area contributed by atoms with Crippen LogP contribution >= 0.6 is 0 Å². The summed E-state index contributed by atoms with van der Waals surface area (Å²) in [4.78, 5) is 15.4. The summed E-state index contributed by atoms with van der Waals surface area (Å²) < 4.78 is 26.5. The molecule has 3 N–H and O–H groups in total. The molecule has 0 aliphatic heterocycles. The molecule has 106 valence electrons. The number of aryl methyl sites for hydroxylation is 1. The largest absolute Gasteiger partial charge is 0.366 e. The first-order valence-electron chi connectivity index (χ1n) is 6.08. The molecule has 2 heterocycles. The molecule has 0 saturated heterocycles. The van der Waals surface area contributed by atoms with Crippen LogP contribution in [0.3, 0.4) is 0 Å². The van der Waals surface area contributed by atoms with Crippen molar-refractivity contribution >= 4 is 16.8 Å². The van der Waals surface area contributed by atoms with Crippen LogP contribution in [0.5, 0.6) is 0 Å². The van der Waals surface area contributed by atoms with Gasteiger partial charge in [0.25, 0.3) is 5.91 Å². The maximum absolute atomic E-state index is 13.4. The molecule has 1 aromatic carbocycles. The third-order valence-corrected chi connectivity index (χ3v) is 3.20. The smallest absolute Gasteiger partial charge is 0.250 e. The van der Waals surface area contributed by atoms with Crippen molar-refractivity contribution in [3.63, 3.8) is 0 Å². The fourth-order valence-electron chi connectivity index (χ4n) is 2.16. The highest BCUT2D eigenvalue weighted by Crippen LogP contribution is 2.27. The van der Waals surface area contributed by atoms with Crippen molar-refractivity contribution in [3.8, 4) is 11.4 Å². The van der Waals surface area contributed by atoms with Crippen molar-refractivity contribution in [1.29, 1.82) is 0 Å². The standard InChI is InChI=1S/C14H10F2N4O/c1-6-7(14(17)21)2-3-11(18-6)13-8-4-9(15)10(16)5-12(8)19-20-13/h2-5H,1H3,(H2,17,21)(H,19,20). The summed E-state index contributed by atoms with van der Waals surface area (Å²) >= 11 is 0. The van der Waals surface area contributed by atoms with Crippen LogP contribution in [0.4, 0.5) is 8.78 Å². The molecule has 2 aromatic heterocycles. The van der Waals surface area contributed by atoms with Crippen LogP contribution in [0.25, 0.3) is 22.3 Å². The Hall–Kier alpha value is -2.83. The minimum atomic E-state index is -0.962. The molecule has 0 aliphatic rings. The van der Waals surface area contributed by atoms with Gasteiger partial charge in [0.05, 0.1) is 22.5 Å². The van der Waals surface area contributed by atoms with E-state index in [1.165, 1.54) is 6.07 Å². The van der Waals surface area contributed by atoms with Crippen LogP contribution in [0.2, 0.25) is 0 Å². The van der Waals surface area contributed by atoms with Crippen LogP contribution < -0.4 is 5.73 Å². The summed E-state index contributed by atoms with van der Waals surface area (Å²) in [5, 5.41) is 7.06. The van der Waals surface area contributed by atoms with Gasteiger partial charge in [-0.05, 0) is 25.1 Å². The predicted octanol–water partition coefficient (Wildman–Crippen LogP) is 2.31. The van der Waals surface area contributed by atoms with E-state index in [4.69, 9.17) is 5.73 Å². The highest BCUT2D eigenvalue weighted by atomic mass is 19.2. The van der Waals surface area contributed by atoms with E-state index in [2.05, 4.69) is 15.2 Å². The molecule has 0 aliphatic carbocycles. The quantitative estimate of drug-likeness (QED) is 0.758. The number of halogens is 2. The molecule has 1 amide bonds. The summed E-state index contributed by atoms with van der Waals surface area (Å²) in [6, 6.07) is 5.18. The van der Waals surface area contributed by atoms with Gasteiger partial charge in [-0.1, -0.05) is 0 Å². The molecule has 0 atom stereocenters. The number of aromatic nitrogens is 3. The SMILES string of the molecule is Cc1nc(-c2n[nH]c3cc(F)c(F)cc23)ccc1C(N)=O. The van der Waals surface area contributed by atoms with Crippen LogP contribution in [-0.4, -0.2) is 21.1 Å². The van der Waals surface area contributed by atoms with E-state index in [1.54, 1.807) is 13.0 Å². The van der Waals surface area contributed by atoms with Crippen LogP contribution in [0.1, 0.15) is 16.1 Å². The molecular weight excluding hydrogens is 278 g/mol. The molecule has 3 rings (SSSR count). The second kappa shape index (κ2) is 4.62. The van der Waals surface area contributed by atoms with Gasteiger partial charge in [0.15, 0.2) is 11.6 Å². The first-order chi connectivity index (χ1) is 9.97. The zero-order chi connectivity index (χ0) is 15.1. The van der Waals surface area contributed by atoms with Crippen molar-refractivity contribution in [3.05, 3.63) is 47.2 Å². The number of benzene rings is 1. The molecular formula is C14H10F2N4O. The van der Waals surface area contributed by atoms with Crippen LogP contribution in [-0.2, 0) is 0 Å². The van der Waals surface area contributed by atoms with Gasteiger partial charge in [0.2, 0.25) is 0 Å². The number of carbonyl (C=O) groups is 1. The maximum atomic E-state index is 13.4. The third-order valence-electron chi connectivity index (χ3n) is 3.20. The molecule has 7 heteroatoms. The first kappa shape index (κ1) is 13.2. The van der Waals surface area contributed by atoms with Gasteiger partial charge >= 0.3 is 0 Å². The Morgan fingerprint density at radius 2 is 1.95 bits per heavy atom. The van der Waals surface area contributed by atoms with Crippen LogP contribution in [0.15, 0.2) is 24.3 Å². The molecule has 0 spiro atoms. The summed E-state index contributed by atoms with van der Waals surface area (Å²) in [5.41, 5.74) is 7.14. The van der Waals surface area contributed by atoms with Crippen molar-refractivity contribution in [2.45, 2.75) is 6.92 Å². The molecule has 0 unspecified atom stereocenters. The Morgan fingerprint density at radius 1 is 1.24 bits per heavy atom. The van der Waals surface area contributed by atoms with E-state index in [9.17, 15) is 13.6 Å². The van der Waals surface area contributed by atoms with Gasteiger partial charge < -0.3 is 5.73 Å². The Bertz CT molecular complexity index is 873. The minimum Gasteiger partial charge on any atom is -0.366 e. The fraction of sp³-hybridized carbons (Fsp3) is 0.0714. The van der Waals surface area contributed by atoms with Gasteiger partial charge in [-0.25, -0.2) is 8.78 Å². The van der Waals surface area contributed by atoms with Gasteiger partial charge in [0, 0.05) is 11.5 Å². The molecule has 0 bridgehead atoms. The Morgan fingerprint density at radius 3 is 2.62 bits per heavy atom. The number of rotatable bonds is 2. The zero-order valence-corrected chi connectivity index (χ0v) is 10.9. The third kappa shape index (κ3) is 2.12. The average Bonchev–Trinajstić information content (AvgIpc) is 2.81. The number of nitrogens with one attached hydrogen (secondary N) is 1. The number of fused-ring (bicyclic) bond motifs is 1. The topological polar surface area (TPSA) is 84.7 Å². The summed E-state index contributed by atoms with van der Waals surface area (Å²) in [6.07, 6.45) is 0. The monoisotopic (exact) mass is 288 g/mol. The Balaban J connectivity index is 2.19. The van der Waals surface area contributed by atoms with Gasteiger partial charge in [-0.15, -0.1) is 0 Å². The van der Waals surface area contributed by atoms with E-state index in [-0.39, 0.29) is 0 Å². The summed E-state index contributed by atoms with van der Waals surface area (Å²) in [7, 11) is 0. The number of nitrogens with two attached hydrogens (primary N) is 1. The lowest BCUT2D eigenvalue weighted by Crippen LogP contribution is -2.13. The van der Waals surface area contributed by atoms with Crippen molar-refractivity contribution < 1.29 is 13.6 Å². The van der Waals surface area contributed by atoms with E-state index < -0.39 is 17.5 Å². The Kier molecular flexibility index (Phi) is 2.90. The minimum absolute atomic E-state index is 0.302. The number of amides is 1. The predicted molar refractivity (Wildman–Crippen MR) is 72.5 cm³/mol. The normalized spacial score (nSPS) is 11.0. The first-order valence-corrected chi connectivity index (χ1v) is 6.08. The highest BCUT2D eigenvalue weighted by Gasteiger charge is 2.15. The highest BCUT2D eigenvalue weighted by molar-refractivity contribution is 5.95. The second-order valence-corrected chi connectivity index (χ2v) is 4.58. The van der Waals surface area contributed by atoms with Crippen molar-refractivity contribution in [2.75, 3.05) is 0 Å². The number of pyridine rings is 1. The number of carbonyl (C=O) groups excluding carboxylic acids is 1. The van der Waals surface area contributed by atoms with Crippen molar-refractivity contribution in [2.24, 2.45) is 5.73 Å². The van der Waals surface area contributed by atoms with E-state index in [0.29, 0.717) is 33.5 Å². The van der Waals surface area contributed by atoms with Gasteiger partial charge in [0.1, 0.15) is 5.69 Å².